The molecule has 2 N–H and O–H groups in total. The Balaban J connectivity index is 1.86. The highest BCUT2D eigenvalue weighted by atomic mass is 32.2. The van der Waals surface area contributed by atoms with E-state index in [-0.39, 0.29) is 24.3 Å². The van der Waals surface area contributed by atoms with Crippen LogP contribution in [0.15, 0.2) is 5.38 Å². The third-order valence-electron chi connectivity index (χ3n) is 2.45. The highest BCUT2D eigenvalue weighted by molar-refractivity contribution is 7.99. The van der Waals surface area contributed by atoms with Crippen LogP contribution in [-0.4, -0.2) is 41.1 Å². The molecule has 104 valence electrons. The van der Waals surface area contributed by atoms with E-state index in [9.17, 15) is 9.59 Å². The van der Waals surface area contributed by atoms with Gasteiger partial charge in [0.2, 0.25) is 5.91 Å². The lowest BCUT2D eigenvalue weighted by molar-refractivity contribution is -0.142. The van der Waals surface area contributed by atoms with Gasteiger partial charge in [0, 0.05) is 17.0 Å². The zero-order valence-corrected chi connectivity index (χ0v) is 12.1. The predicted octanol–water partition coefficient (Wildman–Crippen LogP) is 0.850. The maximum Gasteiger partial charge on any atom is 0.311 e. The van der Waals surface area contributed by atoms with Gasteiger partial charge in [-0.05, 0) is 6.92 Å². The Morgan fingerprint density at radius 3 is 3.16 bits per heavy atom. The number of carbonyl (C=O) groups is 2. The molecule has 1 unspecified atom stereocenters. The maximum atomic E-state index is 11.8. The lowest BCUT2D eigenvalue weighted by atomic mass is 10.3. The molecule has 19 heavy (non-hydrogen) atoms. The Morgan fingerprint density at radius 2 is 2.47 bits per heavy atom. The normalized spacial score (nSPS) is 18.3. The van der Waals surface area contributed by atoms with Crippen molar-refractivity contribution in [3.8, 4) is 0 Å². The molecule has 1 aromatic rings. The van der Waals surface area contributed by atoms with E-state index < -0.39 is 0 Å². The second-order valence-electron chi connectivity index (χ2n) is 3.89. The number of amides is 1. The average molecular weight is 301 g/mol. The summed E-state index contributed by atoms with van der Waals surface area (Å²) in [5.74, 6) is 1.18. The Hall–Kier alpha value is -1.12. The van der Waals surface area contributed by atoms with Gasteiger partial charge in [-0.1, -0.05) is 0 Å². The summed E-state index contributed by atoms with van der Waals surface area (Å²) in [6, 6.07) is -0.164. The summed E-state index contributed by atoms with van der Waals surface area (Å²) in [5.41, 5.74) is 0.618. The number of aromatic nitrogens is 1. The van der Waals surface area contributed by atoms with Gasteiger partial charge in [0.15, 0.2) is 5.13 Å². The predicted molar refractivity (Wildman–Crippen MR) is 75.3 cm³/mol. The van der Waals surface area contributed by atoms with Crippen molar-refractivity contribution in [2.24, 2.45) is 0 Å². The van der Waals surface area contributed by atoms with Gasteiger partial charge in [0.05, 0.1) is 24.8 Å². The average Bonchev–Trinajstić information content (AvgIpc) is 3.00. The van der Waals surface area contributed by atoms with E-state index in [4.69, 9.17) is 4.74 Å². The Kier molecular flexibility index (Phi) is 5.17. The molecule has 8 heteroatoms. The van der Waals surface area contributed by atoms with Crippen molar-refractivity contribution >= 4 is 40.1 Å². The van der Waals surface area contributed by atoms with Crippen LogP contribution in [0.2, 0.25) is 0 Å². The quantitative estimate of drug-likeness (QED) is 0.785. The van der Waals surface area contributed by atoms with E-state index in [1.165, 1.54) is 11.3 Å². The number of rotatable bonds is 5. The van der Waals surface area contributed by atoms with Gasteiger partial charge in [0.1, 0.15) is 0 Å². The number of anilines is 1. The molecule has 1 atom stereocenters. The molecule has 0 aliphatic carbocycles. The number of ether oxygens (including phenoxy) is 1. The number of nitrogens with zero attached hydrogens (tertiary/aromatic N) is 1. The van der Waals surface area contributed by atoms with Crippen molar-refractivity contribution in [1.29, 1.82) is 0 Å². The third-order valence-corrected chi connectivity index (χ3v) is 4.19. The van der Waals surface area contributed by atoms with Gasteiger partial charge in [0.25, 0.3) is 0 Å². The number of nitrogens with one attached hydrogen (secondary N) is 2. The molecule has 1 aliphatic rings. The molecule has 0 spiro atoms. The van der Waals surface area contributed by atoms with E-state index in [1.807, 2.05) is 0 Å². The third kappa shape index (κ3) is 4.19. The highest BCUT2D eigenvalue weighted by Crippen LogP contribution is 2.18. The molecule has 1 aliphatic heterocycles. The van der Waals surface area contributed by atoms with Crippen molar-refractivity contribution in [2.45, 2.75) is 19.4 Å². The summed E-state index contributed by atoms with van der Waals surface area (Å²) < 4.78 is 4.84. The minimum absolute atomic E-state index is 0.0814. The first-order chi connectivity index (χ1) is 9.19. The SMILES string of the molecule is CCOC(=O)Cc1csc(NC(=O)C2CSCN2)n1. The van der Waals surface area contributed by atoms with E-state index in [0.717, 1.165) is 11.6 Å². The molecule has 1 saturated heterocycles. The lowest BCUT2D eigenvalue weighted by Crippen LogP contribution is -2.37. The molecule has 1 amide bonds. The molecule has 0 saturated carbocycles. The topological polar surface area (TPSA) is 80.3 Å². The van der Waals surface area contributed by atoms with Crippen LogP contribution < -0.4 is 10.6 Å². The molecule has 1 fully saturated rings. The molecular formula is C11H15N3O3S2. The number of thioether (sulfide) groups is 1. The largest absolute Gasteiger partial charge is 0.466 e. The summed E-state index contributed by atoms with van der Waals surface area (Å²) in [6.45, 7) is 2.12. The Labute approximate surface area is 119 Å². The van der Waals surface area contributed by atoms with Crippen LogP contribution in [0.5, 0.6) is 0 Å². The smallest absolute Gasteiger partial charge is 0.311 e. The fourth-order valence-corrected chi connectivity index (χ4v) is 3.22. The van der Waals surface area contributed by atoms with Crippen molar-refractivity contribution in [2.75, 3.05) is 23.6 Å². The number of hydrogen-bond acceptors (Lipinski definition) is 7. The van der Waals surface area contributed by atoms with Crippen LogP contribution in [0.4, 0.5) is 5.13 Å². The Bertz CT molecular complexity index is 458. The van der Waals surface area contributed by atoms with E-state index in [0.29, 0.717) is 17.4 Å². The Morgan fingerprint density at radius 1 is 1.63 bits per heavy atom. The fourth-order valence-electron chi connectivity index (χ4n) is 1.56. The van der Waals surface area contributed by atoms with Crippen molar-refractivity contribution < 1.29 is 14.3 Å². The number of carbonyl (C=O) groups excluding carboxylic acids is 2. The molecule has 1 aromatic heterocycles. The number of esters is 1. The fraction of sp³-hybridized carbons (Fsp3) is 0.545. The molecule has 6 nitrogen and oxygen atoms in total. The zero-order valence-electron chi connectivity index (χ0n) is 10.5. The van der Waals surface area contributed by atoms with Crippen LogP contribution in [0, 0.1) is 0 Å². The van der Waals surface area contributed by atoms with Gasteiger partial charge in [-0.2, -0.15) is 0 Å². The molecular weight excluding hydrogens is 286 g/mol. The van der Waals surface area contributed by atoms with E-state index in [1.54, 1.807) is 24.1 Å². The highest BCUT2D eigenvalue weighted by Gasteiger charge is 2.23. The minimum atomic E-state index is -0.306. The van der Waals surface area contributed by atoms with Gasteiger partial charge < -0.3 is 10.1 Å². The van der Waals surface area contributed by atoms with Gasteiger partial charge in [-0.15, -0.1) is 23.1 Å². The van der Waals surface area contributed by atoms with Crippen LogP contribution >= 0.6 is 23.1 Å². The maximum absolute atomic E-state index is 11.8. The summed E-state index contributed by atoms with van der Waals surface area (Å²) in [5, 5.41) is 8.11. The molecule has 0 aromatic carbocycles. The first kappa shape index (κ1) is 14.3. The standard InChI is InChI=1S/C11H15N3O3S2/c1-2-17-9(15)3-7-4-19-11(13-7)14-10(16)8-5-18-6-12-8/h4,8,12H,2-3,5-6H2,1H3,(H,13,14,16). The van der Waals surface area contributed by atoms with Crippen molar-refractivity contribution in [3.05, 3.63) is 11.1 Å². The molecule has 2 heterocycles. The monoisotopic (exact) mass is 301 g/mol. The van der Waals surface area contributed by atoms with E-state index >= 15 is 0 Å². The number of thiazole rings is 1. The second-order valence-corrected chi connectivity index (χ2v) is 5.78. The van der Waals surface area contributed by atoms with Crippen LogP contribution in [-0.2, 0) is 20.7 Å². The van der Waals surface area contributed by atoms with Crippen LogP contribution in [0.25, 0.3) is 0 Å². The van der Waals surface area contributed by atoms with Crippen LogP contribution in [0.3, 0.4) is 0 Å². The molecule has 0 bridgehead atoms. The van der Waals surface area contributed by atoms with Gasteiger partial charge in [-0.3, -0.25) is 14.9 Å². The number of hydrogen-bond donors (Lipinski definition) is 2. The summed E-state index contributed by atoms with van der Waals surface area (Å²) >= 11 is 3.00. The summed E-state index contributed by atoms with van der Waals surface area (Å²) in [7, 11) is 0. The second kappa shape index (κ2) is 6.88. The van der Waals surface area contributed by atoms with Gasteiger partial charge in [-0.25, -0.2) is 4.98 Å². The summed E-state index contributed by atoms with van der Waals surface area (Å²) in [4.78, 5) is 27.3. The van der Waals surface area contributed by atoms with E-state index in [2.05, 4.69) is 15.6 Å². The first-order valence-electron chi connectivity index (χ1n) is 5.91. The first-order valence-corrected chi connectivity index (χ1v) is 7.94. The lowest BCUT2D eigenvalue weighted by Gasteiger charge is -2.07. The molecule has 2 rings (SSSR count). The van der Waals surface area contributed by atoms with Crippen molar-refractivity contribution in [3.63, 3.8) is 0 Å². The van der Waals surface area contributed by atoms with Crippen molar-refractivity contribution in [1.82, 2.24) is 10.3 Å². The molecule has 0 radical (unpaired) electrons. The minimum Gasteiger partial charge on any atom is -0.466 e. The summed E-state index contributed by atoms with van der Waals surface area (Å²) in [6.07, 6.45) is 0.137. The zero-order chi connectivity index (χ0) is 13.7. The van der Waals surface area contributed by atoms with Crippen LogP contribution in [0.1, 0.15) is 12.6 Å². The van der Waals surface area contributed by atoms with Gasteiger partial charge >= 0.3 is 5.97 Å².